The number of nitrogens with zero attached hydrogens (tertiary/aromatic N) is 3. The molecule has 7 heteroatoms. The second kappa shape index (κ2) is 5.54. The van der Waals surface area contributed by atoms with Crippen LogP contribution in [-0.2, 0) is 6.54 Å². The molecule has 1 aromatic rings. The molecule has 86 valence electrons. The molecule has 0 aromatic carbocycles. The molecule has 0 aliphatic carbocycles. The van der Waals surface area contributed by atoms with E-state index in [0.717, 1.165) is 5.70 Å². The van der Waals surface area contributed by atoms with Crippen molar-refractivity contribution in [2.45, 2.75) is 6.54 Å². The Morgan fingerprint density at radius 2 is 2.50 bits per heavy atom. The predicted octanol–water partition coefficient (Wildman–Crippen LogP) is -0.230. The van der Waals surface area contributed by atoms with Gasteiger partial charge in [0.1, 0.15) is 0 Å². The molecule has 0 aliphatic heterocycles. The molecule has 0 atom stereocenters. The molecule has 0 saturated heterocycles. The van der Waals surface area contributed by atoms with Crippen LogP contribution in [0.15, 0.2) is 30.9 Å². The summed E-state index contributed by atoms with van der Waals surface area (Å²) in [5.74, 6) is -1.09. The third kappa shape index (κ3) is 3.12. The second-order valence-corrected chi connectivity index (χ2v) is 2.90. The number of likely N-dealkylation sites (N-methyl/N-ethyl adjacent to an activating group) is 1. The molecular formula is C9H13N5O2. The van der Waals surface area contributed by atoms with Crippen LogP contribution >= 0.6 is 0 Å². The Hall–Kier alpha value is -2.31. The number of allylic oxidation sites excluding steroid dienone is 1. The normalized spacial score (nSPS) is 10.9. The van der Waals surface area contributed by atoms with Gasteiger partial charge in [0.2, 0.25) is 0 Å². The molecule has 0 amide bonds. The molecule has 0 fully saturated rings. The van der Waals surface area contributed by atoms with Crippen LogP contribution in [0.5, 0.6) is 0 Å². The first-order valence-corrected chi connectivity index (χ1v) is 4.54. The van der Waals surface area contributed by atoms with Gasteiger partial charge in [-0.25, -0.2) is 9.48 Å². The summed E-state index contributed by atoms with van der Waals surface area (Å²) in [6, 6.07) is 0. The lowest BCUT2D eigenvalue weighted by molar-refractivity contribution is 0.0690. The van der Waals surface area contributed by atoms with Gasteiger partial charge in [0.15, 0.2) is 5.69 Å². The van der Waals surface area contributed by atoms with E-state index in [2.05, 4.69) is 27.5 Å². The molecule has 1 heterocycles. The van der Waals surface area contributed by atoms with Crippen molar-refractivity contribution in [2.75, 3.05) is 7.05 Å². The van der Waals surface area contributed by atoms with Crippen LogP contribution in [0.3, 0.4) is 0 Å². The number of carbonyl (C=O) groups is 1. The Bertz CT molecular complexity index is 410. The minimum absolute atomic E-state index is 0.0767. The fourth-order valence-electron chi connectivity index (χ4n) is 1.00. The van der Waals surface area contributed by atoms with Crippen LogP contribution in [0.2, 0.25) is 0 Å². The monoisotopic (exact) mass is 223 g/mol. The molecule has 1 aromatic heterocycles. The Kier molecular flexibility index (Phi) is 4.07. The topological polar surface area (TPSA) is 92.1 Å². The first-order chi connectivity index (χ1) is 7.67. The molecule has 7 nitrogen and oxygen atoms in total. The number of hydrogen-bond acceptors (Lipinski definition) is 5. The second-order valence-electron chi connectivity index (χ2n) is 2.90. The zero-order valence-electron chi connectivity index (χ0n) is 8.84. The summed E-state index contributed by atoms with van der Waals surface area (Å²) in [7, 11) is 1.76. The summed E-state index contributed by atoms with van der Waals surface area (Å²) in [5.41, 5.74) is 0.744. The first-order valence-electron chi connectivity index (χ1n) is 4.54. The standard InChI is InChI=1S/C9H13N5O2/c1-3-11-4-7(10-2)5-14-6-8(9(15)16)12-13-14/h3-4,6,10-11H,1,5H2,2H3,(H,15,16)/b7-4-. The summed E-state index contributed by atoms with van der Waals surface area (Å²) < 4.78 is 1.43. The van der Waals surface area contributed by atoms with Gasteiger partial charge >= 0.3 is 5.97 Å². The highest BCUT2D eigenvalue weighted by molar-refractivity contribution is 5.84. The lowest BCUT2D eigenvalue weighted by Crippen LogP contribution is -2.15. The van der Waals surface area contributed by atoms with Crippen LogP contribution in [-0.4, -0.2) is 33.1 Å². The molecule has 1 rings (SSSR count). The molecule has 0 spiro atoms. The van der Waals surface area contributed by atoms with Gasteiger partial charge in [0.25, 0.3) is 0 Å². The lowest BCUT2D eigenvalue weighted by Gasteiger charge is -2.05. The summed E-state index contributed by atoms with van der Waals surface area (Å²) in [6.07, 6.45) is 4.60. The van der Waals surface area contributed by atoms with Crippen molar-refractivity contribution in [3.63, 3.8) is 0 Å². The quantitative estimate of drug-likeness (QED) is 0.617. The van der Waals surface area contributed by atoms with E-state index in [1.54, 1.807) is 13.2 Å². The number of nitrogens with one attached hydrogen (secondary N) is 2. The lowest BCUT2D eigenvalue weighted by atomic mass is 10.4. The molecule has 16 heavy (non-hydrogen) atoms. The third-order valence-electron chi connectivity index (χ3n) is 1.79. The number of rotatable bonds is 6. The largest absolute Gasteiger partial charge is 0.476 e. The molecule has 0 bridgehead atoms. The van der Waals surface area contributed by atoms with Crippen LogP contribution < -0.4 is 10.6 Å². The van der Waals surface area contributed by atoms with Gasteiger partial charge < -0.3 is 15.7 Å². The van der Waals surface area contributed by atoms with Crippen molar-refractivity contribution >= 4 is 5.97 Å². The van der Waals surface area contributed by atoms with Crippen LogP contribution in [0.1, 0.15) is 10.5 Å². The van der Waals surface area contributed by atoms with Crippen molar-refractivity contribution in [3.8, 4) is 0 Å². The average Bonchev–Trinajstić information content (AvgIpc) is 2.72. The smallest absolute Gasteiger partial charge is 0.358 e. The SMILES string of the molecule is C=CN/C=C(/Cn1cc(C(=O)O)nn1)NC. The van der Waals surface area contributed by atoms with E-state index in [-0.39, 0.29) is 5.69 Å². The van der Waals surface area contributed by atoms with E-state index in [1.807, 2.05) is 0 Å². The van der Waals surface area contributed by atoms with Crippen molar-refractivity contribution in [1.82, 2.24) is 25.6 Å². The zero-order chi connectivity index (χ0) is 12.0. The van der Waals surface area contributed by atoms with Gasteiger partial charge in [-0.3, -0.25) is 0 Å². The number of aromatic carboxylic acids is 1. The number of aromatic nitrogens is 3. The Balaban J connectivity index is 2.70. The highest BCUT2D eigenvalue weighted by Gasteiger charge is 2.08. The van der Waals surface area contributed by atoms with E-state index in [1.165, 1.54) is 17.1 Å². The van der Waals surface area contributed by atoms with Gasteiger partial charge in [0.05, 0.1) is 12.7 Å². The van der Waals surface area contributed by atoms with Gasteiger partial charge in [-0.2, -0.15) is 0 Å². The maximum absolute atomic E-state index is 10.6. The van der Waals surface area contributed by atoms with Crippen LogP contribution in [0.25, 0.3) is 0 Å². The molecule has 0 radical (unpaired) electrons. The number of carboxylic acids is 1. The number of hydrogen-bond donors (Lipinski definition) is 3. The maximum Gasteiger partial charge on any atom is 0.358 e. The van der Waals surface area contributed by atoms with Crippen molar-refractivity contribution < 1.29 is 9.90 Å². The Morgan fingerprint density at radius 1 is 1.75 bits per heavy atom. The van der Waals surface area contributed by atoms with Crippen molar-refractivity contribution in [2.24, 2.45) is 0 Å². The summed E-state index contributed by atoms with van der Waals surface area (Å²) in [4.78, 5) is 10.6. The van der Waals surface area contributed by atoms with Gasteiger partial charge in [-0.1, -0.05) is 11.8 Å². The van der Waals surface area contributed by atoms with E-state index in [9.17, 15) is 4.79 Å². The van der Waals surface area contributed by atoms with E-state index < -0.39 is 5.97 Å². The van der Waals surface area contributed by atoms with Gasteiger partial charge in [-0.15, -0.1) is 5.10 Å². The molecule has 0 unspecified atom stereocenters. The summed E-state index contributed by atoms with van der Waals surface area (Å²) in [5, 5.41) is 21.6. The minimum Gasteiger partial charge on any atom is -0.476 e. The first kappa shape index (κ1) is 11.8. The number of carboxylic acid groups (broad SMARTS) is 1. The predicted molar refractivity (Wildman–Crippen MR) is 57.5 cm³/mol. The Labute approximate surface area is 92.5 Å². The van der Waals surface area contributed by atoms with E-state index in [0.29, 0.717) is 6.54 Å². The third-order valence-corrected chi connectivity index (χ3v) is 1.79. The fraction of sp³-hybridized carbons (Fsp3) is 0.222. The highest BCUT2D eigenvalue weighted by Crippen LogP contribution is 1.96. The van der Waals surface area contributed by atoms with Crippen molar-refractivity contribution in [3.05, 3.63) is 36.6 Å². The highest BCUT2D eigenvalue weighted by atomic mass is 16.4. The summed E-state index contributed by atoms with van der Waals surface area (Å²) in [6.45, 7) is 3.91. The molecule has 0 saturated carbocycles. The van der Waals surface area contributed by atoms with Gasteiger partial charge in [-0.05, 0) is 6.20 Å². The minimum atomic E-state index is -1.09. The van der Waals surface area contributed by atoms with Gasteiger partial charge in [0, 0.05) is 18.9 Å². The molecule has 0 aliphatic rings. The van der Waals surface area contributed by atoms with E-state index in [4.69, 9.17) is 5.11 Å². The molecule has 3 N–H and O–H groups in total. The maximum atomic E-state index is 10.6. The fourth-order valence-corrected chi connectivity index (χ4v) is 1.00. The Morgan fingerprint density at radius 3 is 3.00 bits per heavy atom. The van der Waals surface area contributed by atoms with Crippen LogP contribution in [0.4, 0.5) is 0 Å². The zero-order valence-corrected chi connectivity index (χ0v) is 8.84. The van der Waals surface area contributed by atoms with Crippen LogP contribution in [0, 0.1) is 0 Å². The average molecular weight is 223 g/mol. The van der Waals surface area contributed by atoms with Crippen molar-refractivity contribution in [1.29, 1.82) is 0 Å². The summed E-state index contributed by atoms with van der Waals surface area (Å²) >= 11 is 0. The molecular weight excluding hydrogens is 210 g/mol. The van der Waals surface area contributed by atoms with E-state index >= 15 is 0 Å².